The van der Waals surface area contributed by atoms with E-state index in [1.54, 1.807) is 11.6 Å². The van der Waals surface area contributed by atoms with Gasteiger partial charge in [-0.3, -0.25) is 4.99 Å². The van der Waals surface area contributed by atoms with Crippen LogP contribution in [-0.2, 0) is 4.74 Å². The number of benzene rings is 1. The predicted molar refractivity (Wildman–Crippen MR) is 128 cm³/mol. The average molecular weight is 551 g/mol. The molecular formula is C23H18ClF3N6O3S. The number of alkyl halides is 2. The summed E-state index contributed by atoms with van der Waals surface area (Å²) in [5.41, 5.74) is 0.724. The standard InChI is InChI=1S/C23H18ClF3N6O3S/c24-13-7-11(25)1-2-12(13)18-17(14-3-5-33(31-14)21(26)27)15-8-23(16(9-34)36-22(35)30-23)10-32(15)19(29-18)20-28-4-6-37-20/h1-7,16,18,21,34H,8-10H2,(H,30,35)/t16?,18-,23-/m0/s1. The van der Waals surface area contributed by atoms with Crippen LogP contribution in [0, 0.1) is 5.82 Å². The number of fused-ring (bicyclic) bond motifs is 1. The maximum absolute atomic E-state index is 13.9. The van der Waals surface area contributed by atoms with E-state index in [9.17, 15) is 23.1 Å². The molecule has 9 nitrogen and oxygen atoms in total. The fourth-order valence-corrected chi connectivity index (χ4v) is 5.99. The monoisotopic (exact) mass is 550 g/mol. The highest BCUT2D eigenvalue weighted by molar-refractivity contribution is 7.11. The van der Waals surface area contributed by atoms with Crippen LogP contribution in [0.4, 0.5) is 18.0 Å². The van der Waals surface area contributed by atoms with E-state index in [-0.39, 0.29) is 23.7 Å². The molecule has 2 aromatic heterocycles. The summed E-state index contributed by atoms with van der Waals surface area (Å²) in [6, 6.07) is 4.49. The number of hydrogen-bond acceptors (Lipinski definition) is 8. The molecule has 3 aromatic rings. The SMILES string of the molecule is O=C1N[C@]2(CC3=C(c4ccn(C(F)F)n4)[C@H](c4ccc(F)cc4Cl)N=C(c4nccs4)N3C2)C(CO)O1. The highest BCUT2D eigenvalue weighted by Crippen LogP contribution is 2.49. The van der Waals surface area contributed by atoms with E-state index in [2.05, 4.69) is 15.4 Å². The molecule has 14 heteroatoms. The number of alkyl carbamates (subject to hydrolysis) is 1. The summed E-state index contributed by atoms with van der Waals surface area (Å²) in [6.45, 7) is -3.11. The lowest BCUT2D eigenvalue weighted by Gasteiger charge is -2.32. The van der Waals surface area contributed by atoms with Gasteiger partial charge in [0.15, 0.2) is 16.9 Å². The summed E-state index contributed by atoms with van der Waals surface area (Å²) < 4.78 is 46.7. The van der Waals surface area contributed by atoms with Crippen molar-refractivity contribution in [3.05, 3.63) is 74.8 Å². The van der Waals surface area contributed by atoms with E-state index < -0.39 is 42.8 Å². The smallest absolute Gasteiger partial charge is 0.408 e. The van der Waals surface area contributed by atoms with Gasteiger partial charge in [-0.25, -0.2) is 18.9 Å². The van der Waals surface area contributed by atoms with Crippen LogP contribution in [0.25, 0.3) is 5.57 Å². The Kier molecular flexibility index (Phi) is 5.73. The minimum Gasteiger partial charge on any atom is -0.441 e. The van der Waals surface area contributed by atoms with Crippen molar-refractivity contribution in [2.24, 2.45) is 4.99 Å². The Morgan fingerprint density at radius 3 is 2.86 bits per heavy atom. The maximum atomic E-state index is 13.9. The van der Waals surface area contributed by atoms with Gasteiger partial charge >= 0.3 is 12.6 Å². The van der Waals surface area contributed by atoms with Crippen LogP contribution in [0.2, 0.25) is 5.02 Å². The van der Waals surface area contributed by atoms with Crippen molar-refractivity contribution in [2.75, 3.05) is 13.2 Å². The lowest BCUT2D eigenvalue weighted by molar-refractivity contribution is 0.0564. The van der Waals surface area contributed by atoms with Crippen molar-refractivity contribution >= 4 is 40.4 Å². The third-order valence-corrected chi connectivity index (χ3v) is 7.78. The van der Waals surface area contributed by atoms with Crippen molar-refractivity contribution in [3.63, 3.8) is 0 Å². The Balaban J connectivity index is 1.59. The summed E-state index contributed by atoms with van der Waals surface area (Å²) in [6.07, 6.45) is 1.43. The van der Waals surface area contributed by atoms with E-state index in [0.717, 1.165) is 12.3 Å². The van der Waals surface area contributed by atoms with Gasteiger partial charge in [-0.15, -0.1) is 11.3 Å². The maximum Gasteiger partial charge on any atom is 0.408 e. The first-order valence-corrected chi connectivity index (χ1v) is 12.4. The Labute approximate surface area is 216 Å². The average Bonchev–Trinajstić information content (AvgIpc) is 3.65. The molecule has 2 saturated heterocycles. The molecule has 6 rings (SSSR count). The second kappa shape index (κ2) is 8.85. The zero-order valence-corrected chi connectivity index (χ0v) is 20.4. The highest BCUT2D eigenvalue weighted by atomic mass is 35.5. The van der Waals surface area contributed by atoms with Gasteiger partial charge < -0.3 is 20.1 Å². The van der Waals surface area contributed by atoms with Crippen LogP contribution >= 0.6 is 22.9 Å². The number of halogens is 4. The number of hydrogen-bond donors (Lipinski definition) is 2. The van der Waals surface area contributed by atoms with E-state index in [1.807, 2.05) is 4.90 Å². The zero-order chi connectivity index (χ0) is 25.9. The molecule has 2 N–H and O–H groups in total. The van der Waals surface area contributed by atoms with Crippen molar-refractivity contribution in [1.82, 2.24) is 25.0 Å². The van der Waals surface area contributed by atoms with Gasteiger partial charge in [0.2, 0.25) is 0 Å². The van der Waals surface area contributed by atoms with Crippen LogP contribution in [0.5, 0.6) is 0 Å². The summed E-state index contributed by atoms with van der Waals surface area (Å²) in [7, 11) is 0. The second-order valence-electron chi connectivity index (χ2n) is 8.80. The molecule has 1 unspecified atom stereocenters. The first kappa shape index (κ1) is 23.9. The molecule has 37 heavy (non-hydrogen) atoms. The Morgan fingerprint density at radius 1 is 1.35 bits per heavy atom. The van der Waals surface area contributed by atoms with Gasteiger partial charge in [-0.2, -0.15) is 13.9 Å². The van der Waals surface area contributed by atoms with E-state index in [0.29, 0.717) is 32.4 Å². The molecule has 5 heterocycles. The number of aliphatic hydroxyl groups is 1. The fraction of sp³-hybridized carbons (Fsp3) is 0.304. The third-order valence-electron chi connectivity index (χ3n) is 6.69. The van der Waals surface area contributed by atoms with E-state index in [1.165, 1.54) is 29.5 Å². The van der Waals surface area contributed by atoms with Gasteiger partial charge in [-0.05, 0) is 18.2 Å². The molecule has 1 aromatic carbocycles. The summed E-state index contributed by atoms with van der Waals surface area (Å²) in [5.74, 6) is -0.0786. The first-order chi connectivity index (χ1) is 17.8. The minimum atomic E-state index is -2.86. The molecule has 3 aliphatic rings. The molecular weight excluding hydrogens is 533 g/mol. The van der Waals surface area contributed by atoms with Gasteiger partial charge in [0.1, 0.15) is 17.4 Å². The van der Waals surface area contributed by atoms with Crippen LogP contribution in [0.3, 0.4) is 0 Å². The van der Waals surface area contributed by atoms with Gasteiger partial charge in [0, 0.05) is 46.1 Å². The number of thiazole rings is 1. The number of aromatic nitrogens is 3. The van der Waals surface area contributed by atoms with Crippen LogP contribution in [-0.4, -0.2) is 61.5 Å². The molecule has 192 valence electrons. The van der Waals surface area contributed by atoms with Crippen LogP contribution < -0.4 is 5.32 Å². The number of ether oxygens (including phenoxy) is 1. The van der Waals surface area contributed by atoms with E-state index in [4.69, 9.17) is 21.3 Å². The Morgan fingerprint density at radius 2 is 2.19 bits per heavy atom. The molecule has 0 radical (unpaired) electrons. The number of carbonyl (C=O) groups excluding carboxylic acids is 1. The lowest BCUT2D eigenvalue weighted by Crippen LogP contribution is -2.52. The lowest BCUT2D eigenvalue weighted by atomic mass is 9.88. The fourth-order valence-electron chi connectivity index (χ4n) is 5.08. The second-order valence-corrected chi connectivity index (χ2v) is 10.1. The molecule has 3 atom stereocenters. The van der Waals surface area contributed by atoms with Crippen LogP contribution in [0.1, 0.15) is 35.3 Å². The number of nitrogens with zero attached hydrogens (tertiary/aromatic N) is 5. The number of aliphatic imine (C=N–C) groups is 1. The van der Waals surface area contributed by atoms with Crippen molar-refractivity contribution in [1.29, 1.82) is 0 Å². The Bertz CT molecular complexity index is 1450. The number of carbonyl (C=O) groups is 1. The molecule has 3 aliphatic heterocycles. The van der Waals surface area contributed by atoms with Crippen molar-refractivity contribution < 1.29 is 27.8 Å². The summed E-state index contributed by atoms with van der Waals surface area (Å²) in [4.78, 5) is 23.4. The number of rotatable bonds is 5. The van der Waals surface area contributed by atoms with E-state index >= 15 is 0 Å². The van der Waals surface area contributed by atoms with Gasteiger partial charge in [-0.1, -0.05) is 17.7 Å². The van der Waals surface area contributed by atoms with Gasteiger partial charge in [0.05, 0.1) is 18.8 Å². The zero-order valence-electron chi connectivity index (χ0n) is 18.8. The number of amidine groups is 1. The summed E-state index contributed by atoms with van der Waals surface area (Å²) >= 11 is 7.80. The topological polar surface area (TPSA) is 105 Å². The normalized spacial score (nSPS) is 25.1. The van der Waals surface area contributed by atoms with Crippen molar-refractivity contribution in [2.45, 2.75) is 30.7 Å². The molecule has 0 aliphatic carbocycles. The quantitative estimate of drug-likeness (QED) is 0.498. The first-order valence-electron chi connectivity index (χ1n) is 11.2. The van der Waals surface area contributed by atoms with Crippen molar-refractivity contribution in [3.8, 4) is 0 Å². The summed E-state index contributed by atoms with van der Waals surface area (Å²) in [5, 5.41) is 19.4. The number of aliphatic hydroxyl groups excluding tert-OH is 1. The number of amides is 1. The van der Waals surface area contributed by atoms with Gasteiger partial charge in [0.25, 0.3) is 0 Å². The number of cyclic esters (lactones) is 1. The highest BCUT2D eigenvalue weighted by Gasteiger charge is 2.57. The molecule has 1 spiro atoms. The molecule has 0 saturated carbocycles. The third kappa shape index (κ3) is 3.88. The molecule has 0 bridgehead atoms. The molecule has 1 amide bonds. The Hall–Kier alpha value is -3.42. The predicted octanol–water partition coefficient (Wildman–Crippen LogP) is 3.99. The largest absolute Gasteiger partial charge is 0.441 e. The minimum absolute atomic E-state index is 0.102. The number of nitrogens with one attached hydrogen (secondary N) is 1. The molecule has 2 fully saturated rings. The van der Waals surface area contributed by atoms with Crippen LogP contribution in [0.15, 0.2) is 52.7 Å².